The van der Waals surface area contributed by atoms with E-state index in [-0.39, 0.29) is 5.91 Å². The van der Waals surface area contributed by atoms with Gasteiger partial charge in [0.2, 0.25) is 0 Å². The van der Waals surface area contributed by atoms with Crippen LogP contribution in [0.2, 0.25) is 0 Å². The SMILES string of the molecule is CCCCCn1c(CCNC(=O)c2ccccc2C)nc2ccccc21. The van der Waals surface area contributed by atoms with Crippen LogP contribution < -0.4 is 5.32 Å². The lowest BCUT2D eigenvalue weighted by Crippen LogP contribution is -2.27. The Hall–Kier alpha value is -2.62. The van der Waals surface area contributed by atoms with Crippen molar-refractivity contribution in [3.8, 4) is 0 Å². The van der Waals surface area contributed by atoms with E-state index in [4.69, 9.17) is 4.98 Å². The molecule has 0 atom stereocenters. The van der Waals surface area contributed by atoms with E-state index in [2.05, 4.69) is 35.0 Å². The van der Waals surface area contributed by atoms with Crippen molar-refractivity contribution in [2.75, 3.05) is 6.54 Å². The molecule has 1 aromatic heterocycles. The summed E-state index contributed by atoms with van der Waals surface area (Å²) in [5.41, 5.74) is 3.95. The van der Waals surface area contributed by atoms with Crippen molar-refractivity contribution in [3.05, 3.63) is 65.5 Å². The largest absolute Gasteiger partial charge is 0.352 e. The van der Waals surface area contributed by atoms with Gasteiger partial charge in [-0.1, -0.05) is 50.1 Å². The van der Waals surface area contributed by atoms with Crippen molar-refractivity contribution in [1.82, 2.24) is 14.9 Å². The fourth-order valence-corrected chi connectivity index (χ4v) is 3.30. The van der Waals surface area contributed by atoms with Crippen LogP contribution in [0.5, 0.6) is 0 Å². The van der Waals surface area contributed by atoms with Crippen LogP contribution in [0.15, 0.2) is 48.5 Å². The Morgan fingerprint density at radius 1 is 1.08 bits per heavy atom. The number of benzene rings is 2. The summed E-state index contributed by atoms with van der Waals surface area (Å²) in [6, 6.07) is 15.9. The summed E-state index contributed by atoms with van der Waals surface area (Å²) < 4.78 is 2.31. The van der Waals surface area contributed by atoms with E-state index < -0.39 is 0 Å². The smallest absolute Gasteiger partial charge is 0.251 e. The molecule has 0 aliphatic carbocycles. The summed E-state index contributed by atoms with van der Waals surface area (Å²) in [5, 5.41) is 3.03. The van der Waals surface area contributed by atoms with Crippen LogP contribution in [0, 0.1) is 6.92 Å². The molecule has 1 N–H and O–H groups in total. The van der Waals surface area contributed by atoms with Gasteiger partial charge in [-0.15, -0.1) is 0 Å². The van der Waals surface area contributed by atoms with E-state index in [1.165, 1.54) is 18.4 Å². The molecule has 0 saturated heterocycles. The first-order chi connectivity index (χ1) is 12.7. The molecule has 136 valence electrons. The number of carbonyl (C=O) groups is 1. The fraction of sp³-hybridized carbons (Fsp3) is 0.364. The molecule has 0 fully saturated rings. The number of nitrogens with one attached hydrogen (secondary N) is 1. The molecule has 3 aromatic rings. The van der Waals surface area contributed by atoms with Gasteiger partial charge in [-0.3, -0.25) is 4.79 Å². The van der Waals surface area contributed by atoms with Gasteiger partial charge in [0.25, 0.3) is 5.91 Å². The van der Waals surface area contributed by atoms with Gasteiger partial charge in [0.1, 0.15) is 5.82 Å². The van der Waals surface area contributed by atoms with Crippen molar-refractivity contribution in [2.45, 2.75) is 46.1 Å². The lowest BCUT2D eigenvalue weighted by atomic mass is 10.1. The second-order valence-corrected chi connectivity index (χ2v) is 6.70. The van der Waals surface area contributed by atoms with Gasteiger partial charge in [-0.25, -0.2) is 4.98 Å². The van der Waals surface area contributed by atoms with Gasteiger partial charge in [-0.05, 0) is 37.1 Å². The van der Waals surface area contributed by atoms with Gasteiger partial charge in [0.05, 0.1) is 11.0 Å². The molecule has 4 heteroatoms. The minimum absolute atomic E-state index is 0.0169. The number of carbonyl (C=O) groups excluding carboxylic acids is 1. The monoisotopic (exact) mass is 349 g/mol. The van der Waals surface area contributed by atoms with Crippen molar-refractivity contribution >= 4 is 16.9 Å². The maximum Gasteiger partial charge on any atom is 0.251 e. The maximum absolute atomic E-state index is 12.4. The normalized spacial score (nSPS) is 11.0. The Morgan fingerprint density at radius 3 is 2.65 bits per heavy atom. The minimum atomic E-state index is -0.0169. The molecular formula is C22H27N3O. The number of aromatic nitrogens is 2. The van der Waals surface area contributed by atoms with Crippen LogP contribution in [0.25, 0.3) is 11.0 Å². The molecule has 26 heavy (non-hydrogen) atoms. The second-order valence-electron chi connectivity index (χ2n) is 6.70. The van der Waals surface area contributed by atoms with Crippen LogP contribution in [0.3, 0.4) is 0 Å². The predicted octanol–water partition coefficient (Wildman–Crippen LogP) is 4.51. The third-order valence-corrected chi connectivity index (χ3v) is 4.74. The van der Waals surface area contributed by atoms with E-state index in [1.807, 2.05) is 37.3 Å². The molecule has 0 radical (unpaired) electrons. The zero-order valence-corrected chi connectivity index (χ0v) is 15.7. The molecule has 2 aromatic carbocycles. The molecule has 0 spiro atoms. The van der Waals surface area contributed by atoms with Crippen molar-refractivity contribution in [3.63, 3.8) is 0 Å². The Bertz CT molecular complexity index is 882. The van der Waals surface area contributed by atoms with Crippen LogP contribution in [-0.4, -0.2) is 22.0 Å². The van der Waals surface area contributed by atoms with Crippen LogP contribution in [-0.2, 0) is 13.0 Å². The summed E-state index contributed by atoms with van der Waals surface area (Å²) in [6.45, 7) is 5.75. The third-order valence-electron chi connectivity index (χ3n) is 4.74. The van der Waals surface area contributed by atoms with Crippen molar-refractivity contribution in [1.29, 1.82) is 0 Å². The molecule has 0 saturated carbocycles. The van der Waals surface area contributed by atoms with Gasteiger partial charge in [0.15, 0.2) is 0 Å². The standard InChI is InChI=1S/C22H27N3O/c1-3-4-9-16-25-20-13-8-7-12-19(20)24-21(25)14-15-23-22(26)18-11-6-5-10-17(18)2/h5-8,10-13H,3-4,9,14-16H2,1-2H3,(H,23,26). The first-order valence-corrected chi connectivity index (χ1v) is 9.48. The number of hydrogen-bond donors (Lipinski definition) is 1. The fourth-order valence-electron chi connectivity index (χ4n) is 3.30. The number of hydrogen-bond acceptors (Lipinski definition) is 2. The average molecular weight is 349 g/mol. The molecule has 0 aliphatic heterocycles. The summed E-state index contributed by atoms with van der Waals surface area (Å²) in [6.07, 6.45) is 4.31. The number of amides is 1. The van der Waals surface area contributed by atoms with E-state index >= 15 is 0 Å². The lowest BCUT2D eigenvalue weighted by molar-refractivity contribution is 0.0953. The average Bonchev–Trinajstić information content (AvgIpc) is 3.00. The third kappa shape index (κ3) is 4.13. The maximum atomic E-state index is 12.4. The van der Waals surface area contributed by atoms with E-state index in [9.17, 15) is 4.79 Å². The highest BCUT2D eigenvalue weighted by molar-refractivity contribution is 5.95. The number of nitrogens with zero attached hydrogens (tertiary/aromatic N) is 2. The van der Waals surface area contributed by atoms with Gasteiger partial charge in [0, 0.05) is 25.1 Å². The first kappa shape index (κ1) is 18.2. The van der Waals surface area contributed by atoms with Gasteiger partial charge in [-0.2, -0.15) is 0 Å². The number of fused-ring (bicyclic) bond motifs is 1. The molecule has 3 rings (SSSR count). The zero-order valence-electron chi connectivity index (χ0n) is 15.7. The molecule has 1 amide bonds. The van der Waals surface area contributed by atoms with Crippen molar-refractivity contribution < 1.29 is 4.79 Å². The Morgan fingerprint density at radius 2 is 1.85 bits per heavy atom. The summed E-state index contributed by atoms with van der Waals surface area (Å²) in [7, 11) is 0. The van der Waals surface area contributed by atoms with E-state index in [0.29, 0.717) is 6.54 Å². The molecular weight excluding hydrogens is 322 g/mol. The number of para-hydroxylation sites is 2. The Balaban J connectivity index is 1.69. The molecule has 0 bridgehead atoms. The minimum Gasteiger partial charge on any atom is -0.352 e. The van der Waals surface area contributed by atoms with Gasteiger partial charge >= 0.3 is 0 Å². The number of unbranched alkanes of at least 4 members (excludes halogenated alkanes) is 2. The second kappa shape index (κ2) is 8.65. The number of aryl methyl sites for hydroxylation is 2. The summed E-state index contributed by atoms with van der Waals surface area (Å²) in [5.74, 6) is 1.03. The van der Waals surface area contributed by atoms with Crippen molar-refractivity contribution in [2.24, 2.45) is 0 Å². The first-order valence-electron chi connectivity index (χ1n) is 9.48. The Labute approximate surface area is 155 Å². The molecule has 0 aliphatic rings. The predicted molar refractivity (Wildman–Crippen MR) is 106 cm³/mol. The van der Waals surface area contributed by atoms with Crippen LogP contribution in [0.4, 0.5) is 0 Å². The highest BCUT2D eigenvalue weighted by Crippen LogP contribution is 2.17. The number of imidazole rings is 1. The highest BCUT2D eigenvalue weighted by Gasteiger charge is 2.12. The van der Waals surface area contributed by atoms with Gasteiger partial charge < -0.3 is 9.88 Å². The van der Waals surface area contributed by atoms with Crippen LogP contribution >= 0.6 is 0 Å². The van der Waals surface area contributed by atoms with E-state index in [1.54, 1.807) is 0 Å². The molecule has 1 heterocycles. The summed E-state index contributed by atoms with van der Waals surface area (Å²) in [4.78, 5) is 17.2. The summed E-state index contributed by atoms with van der Waals surface area (Å²) >= 11 is 0. The zero-order chi connectivity index (χ0) is 18.4. The highest BCUT2D eigenvalue weighted by atomic mass is 16.1. The molecule has 4 nitrogen and oxygen atoms in total. The molecule has 0 unspecified atom stereocenters. The Kier molecular flexibility index (Phi) is 6.05. The van der Waals surface area contributed by atoms with Crippen LogP contribution in [0.1, 0.15) is 47.9 Å². The lowest BCUT2D eigenvalue weighted by Gasteiger charge is -2.10. The number of rotatable bonds is 8. The van der Waals surface area contributed by atoms with E-state index in [0.717, 1.165) is 41.9 Å². The topological polar surface area (TPSA) is 46.9 Å². The quantitative estimate of drug-likeness (QED) is 0.608.